The van der Waals surface area contributed by atoms with Gasteiger partial charge in [0, 0.05) is 54.7 Å². The van der Waals surface area contributed by atoms with Crippen molar-refractivity contribution in [1.82, 2.24) is 20.2 Å². The molecular weight excluding hydrogens is 590 g/mol. The molecule has 1 aromatic heterocycles. The molecule has 5 rings (SSSR count). The fraction of sp³-hybridized carbons (Fsp3) is 0.405. The van der Waals surface area contributed by atoms with Crippen LogP contribution in [0.3, 0.4) is 0 Å². The first kappa shape index (κ1) is 33.6. The largest absolute Gasteiger partial charge is 0.480 e. The van der Waals surface area contributed by atoms with Gasteiger partial charge in [-0.05, 0) is 107 Å². The van der Waals surface area contributed by atoms with Gasteiger partial charge in [0.2, 0.25) is 11.8 Å². The fourth-order valence-corrected chi connectivity index (χ4v) is 5.63. The van der Waals surface area contributed by atoms with Crippen LogP contribution in [0.5, 0.6) is 0 Å². The number of hydrogen-bond donors (Lipinski definition) is 4. The molecule has 2 aliphatic rings. The summed E-state index contributed by atoms with van der Waals surface area (Å²) in [6.45, 7) is 5.78. The third kappa shape index (κ3) is 10.1. The minimum Gasteiger partial charge on any atom is -0.480 e. The van der Waals surface area contributed by atoms with Crippen molar-refractivity contribution in [1.29, 1.82) is 5.41 Å². The Balaban J connectivity index is 1.16. The van der Waals surface area contributed by atoms with Crippen LogP contribution < -0.4 is 16.0 Å². The molecule has 47 heavy (non-hydrogen) atoms. The average Bonchev–Trinajstić information content (AvgIpc) is 3.10. The highest BCUT2D eigenvalue weighted by Crippen LogP contribution is 2.22. The molecule has 0 radical (unpaired) electrons. The second kappa shape index (κ2) is 16.7. The molecule has 0 saturated carbocycles. The van der Waals surface area contributed by atoms with Crippen molar-refractivity contribution in [2.24, 2.45) is 5.92 Å². The van der Waals surface area contributed by atoms with Crippen molar-refractivity contribution in [3.8, 4) is 11.8 Å². The number of carbonyl (C=O) groups excluding carboxylic acids is 1. The lowest BCUT2D eigenvalue weighted by Crippen LogP contribution is -2.32. The Labute approximate surface area is 277 Å². The molecule has 0 bridgehead atoms. The molecule has 1 amide bonds. The number of carbonyl (C=O) groups is 1. The summed E-state index contributed by atoms with van der Waals surface area (Å²) in [5, 5.41) is 17.5. The number of hydrogen-bond acceptors (Lipinski definition) is 9. The number of nitrogens with one attached hydrogen (secondary N) is 4. The lowest BCUT2D eigenvalue weighted by molar-refractivity contribution is 0.0811. The molecule has 246 valence electrons. The number of rotatable bonds is 10. The molecule has 2 aromatic carbocycles. The number of nitrogens with zero attached hydrogens (tertiary/aromatic N) is 3. The number of amides is 1. The second-order valence-corrected chi connectivity index (χ2v) is 12.3. The highest BCUT2D eigenvalue weighted by Gasteiger charge is 2.17. The maximum absolute atomic E-state index is 13.1. The Bertz CT molecular complexity index is 1600. The van der Waals surface area contributed by atoms with E-state index in [4.69, 9.17) is 14.9 Å². The molecule has 2 aliphatic heterocycles. The van der Waals surface area contributed by atoms with Gasteiger partial charge in [-0.2, -0.15) is 0 Å². The number of benzene rings is 2. The first-order valence-electron chi connectivity index (χ1n) is 16.3. The van der Waals surface area contributed by atoms with Gasteiger partial charge in [-0.3, -0.25) is 10.2 Å². The summed E-state index contributed by atoms with van der Waals surface area (Å²) in [7, 11) is 3.64. The molecule has 0 unspecified atom stereocenters. The Morgan fingerprint density at radius 2 is 1.77 bits per heavy atom. The lowest BCUT2D eigenvalue weighted by Gasteiger charge is -2.28. The molecule has 0 aliphatic carbocycles. The standard InChI is InChI=1S/C37H45N7O3/c1-26-4-10-31(36(45)42-33-12-8-27(9-13-33)5-6-28-14-18-44(2)19-15-28)22-30(26)11-7-29-23-40-37(41-24-29)43-34(35(38)46-3)25-39-32-16-20-47-21-17-32/h4,8-10,12-13,22-25,28,32,38-39H,5-6,14-21H2,1-3H3,(H,42,45)(H,40,41,43)/b34-25+,38-35?. The maximum atomic E-state index is 13.1. The van der Waals surface area contributed by atoms with Gasteiger partial charge in [0.05, 0.1) is 12.7 Å². The first-order chi connectivity index (χ1) is 22.9. The van der Waals surface area contributed by atoms with Gasteiger partial charge in [0.25, 0.3) is 5.91 Å². The van der Waals surface area contributed by atoms with Gasteiger partial charge < -0.3 is 30.3 Å². The Hall–Kier alpha value is -4.72. The zero-order valence-corrected chi connectivity index (χ0v) is 27.6. The van der Waals surface area contributed by atoms with E-state index in [1.54, 1.807) is 18.6 Å². The number of aromatic nitrogens is 2. The summed E-state index contributed by atoms with van der Waals surface area (Å²) in [6.07, 6.45) is 11.6. The number of anilines is 2. The minimum atomic E-state index is -0.178. The van der Waals surface area contributed by atoms with Crippen LogP contribution in [0.4, 0.5) is 11.6 Å². The third-order valence-electron chi connectivity index (χ3n) is 8.76. The normalized spacial score (nSPS) is 16.1. The number of methoxy groups -OCH3 is 1. The summed E-state index contributed by atoms with van der Waals surface area (Å²) in [6, 6.07) is 14.0. The molecule has 2 saturated heterocycles. The molecule has 0 spiro atoms. The summed E-state index contributed by atoms with van der Waals surface area (Å²) in [5.41, 5.74) is 5.37. The molecule has 3 aromatic rings. The van der Waals surface area contributed by atoms with E-state index < -0.39 is 0 Å². The molecule has 2 fully saturated rings. The van der Waals surface area contributed by atoms with E-state index in [1.807, 2.05) is 37.3 Å². The van der Waals surface area contributed by atoms with Crippen LogP contribution in [0.1, 0.15) is 64.7 Å². The van der Waals surface area contributed by atoms with E-state index in [1.165, 1.54) is 45.0 Å². The summed E-state index contributed by atoms with van der Waals surface area (Å²) < 4.78 is 10.5. The summed E-state index contributed by atoms with van der Waals surface area (Å²) in [5.74, 6) is 7.17. The average molecular weight is 636 g/mol. The van der Waals surface area contributed by atoms with Gasteiger partial charge in [0.15, 0.2) is 0 Å². The van der Waals surface area contributed by atoms with Crippen LogP contribution in [0.25, 0.3) is 0 Å². The number of piperidine rings is 1. The smallest absolute Gasteiger partial charge is 0.255 e. The Kier molecular flexibility index (Phi) is 12.0. The van der Waals surface area contributed by atoms with Crippen molar-refractivity contribution in [2.45, 2.75) is 51.5 Å². The topological polar surface area (TPSA) is 124 Å². The van der Waals surface area contributed by atoms with Gasteiger partial charge in [-0.15, -0.1) is 0 Å². The zero-order valence-electron chi connectivity index (χ0n) is 27.6. The van der Waals surface area contributed by atoms with E-state index in [9.17, 15) is 4.79 Å². The quantitative estimate of drug-likeness (QED) is 0.133. The highest BCUT2D eigenvalue weighted by atomic mass is 16.5. The van der Waals surface area contributed by atoms with Gasteiger partial charge in [-0.25, -0.2) is 9.97 Å². The number of aryl methyl sites for hydroxylation is 2. The second-order valence-electron chi connectivity index (χ2n) is 12.3. The van der Waals surface area contributed by atoms with E-state index in [-0.39, 0.29) is 17.8 Å². The van der Waals surface area contributed by atoms with Crippen LogP contribution in [-0.2, 0) is 15.9 Å². The van der Waals surface area contributed by atoms with Crippen molar-refractivity contribution in [3.05, 3.63) is 94.6 Å². The highest BCUT2D eigenvalue weighted by molar-refractivity contribution is 6.04. The van der Waals surface area contributed by atoms with Crippen LogP contribution >= 0.6 is 0 Å². The molecular formula is C37H45N7O3. The fourth-order valence-electron chi connectivity index (χ4n) is 5.63. The van der Waals surface area contributed by atoms with Crippen LogP contribution in [0.2, 0.25) is 0 Å². The van der Waals surface area contributed by atoms with Gasteiger partial charge in [-0.1, -0.05) is 30.0 Å². The maximum Gasteiger partial charge on any atom is 0.255 e. The van der Waals surface area contributed by atoms with Crippen molar-refractivity contribution < 1.29 is 14.3 Å². The summed E-state index contributed by atoms with van der Waals surface area (Å²) in [4.78, 5) is 24.2. The molecule has 0 atom stereocenters. The van der Waals surface area contributed by atoms with E-state index >= 15 is 0 Å². The van der Waals surface area contributed by atoms with Crippen molar-refractivity contribution in [2.75, 3.05) is 51.1 Å². The Morgan fingerprint density at radius 1 is 1.04 bits per heavy atom. The van der Waals surface area contributed by atoms with E-state index in [0.717, 1.165) is 42.0 Å². The van der Waals surface area contributed by atoms with E-state index in [0.29, 0.717) is 36.0 Å². The van der Waals surface area contributed by atoms with Crippen molar-refractivity contribution in [3.63, 3.8) is 0 Å². The van der Waals surface area contributed by atoms with Gasteiger partial charge >= 0.3 is 0 Å². The number of ether oxygens (including phenoxy) is 2. The third-order valence-corrected chi connectivity index (χ3v) is 8.76. The summed E-state index contributed by atoms with van der Waals surface area (Å²) >= 11 is 0. The monoisotopic (exact) mass is 635 g/mol. The molecule has 4 N–H and O–H groups in total. The van der Waals surface area contributed by atoms with Crippen LogP contribution in [-0.4, -0.2) is 73.2 Å². The predicted molar refractivity (Wildman–Crippen MR) is 186 cm³/mol. The number of likely N-dealkylation sites (tertiary alicyclic amines) is 1. The zero-order chi connectivity index (χ0) is 33.0. The molecule has 10 nitrogen and oxygen atoms in total. The minimum absolute atomic E-state index is 0.0354. The van der Waals surface area contributed by atoms with Crippen LogP contribution in [0.15, 0.2) is 66.8 Å². The SMILES string of the molecule is COC(=N)/C(=C\NC1CCOCC1)Nc1ncc(C#Cc2cc(C(=O)Nc3ccc(CCC4CCN(C)CC4)cc3)ccc2C)cn1. The van der Waals surface area contributed by atoms with E-state index in [2.05, 4.69) is 61.8 Å². The molecule has 3 heterocycles. The van der Waals surface area contributed by atoms with Gasteiger partial charge in [0.1, 0.15) is 5.70 Å². The lowest BCUT2D eigenvalue weighted by atomic mass is 9.91. The first-order valence-corrected chi connectivity index (χ1v) is 16.3. The Morgan fingerprint density at radius 3 is 2.47 bits per heavy atom. The van der Waals surface area contributed by atoms with Crippen LogP contribution in [0, 0.1) is 30.1 Å². The van der Waals surface area contributed by atoms with Crippen molar-refractivity contribution >= 4 is 23.4 Å². The molecule has 10 heteroatoms. The predicted octanol–water partition coefficient (Wildman–Crippen LogP) is 5.36.